The van der Waals surface area contributed by atoms with Gasteiger partial charge in [-0.25, -0.2) is 4.98 Å². The highest BCUT2D eigenvalue weighted by Gasteiger charge is 2.35. The van der Waals surface area contributed by atoms with Gasteiger partial charge in [0.2, 0.25) is 5.91 Å². The molecular formula is C28H30N6O2S2. The van der Waals surface area contributed by atoms with Gasteiger partial charge in [0.25, 0.3) is 5.91 Å². The van der Waals surface area contributed by atoms with Crippen molar-refractivity contribution < 1.29 is 9.59 Å². The Kier molecular flexibility index (Phi) is 6.27. The molecule has 0 unspecified atom stereocenters. The summed E-state index contributed by atoms with van der Waals surface area (Å²) >= 11 is 3.08. The van der Waals surface area contributed by atoms with E-state index in [1.807, 2.05) is 23.2 Å². The first-order valence-electron chi connectivity index (χ1n) is 13.3. The lowest BCUT2D eigenvalue weighted by Gasteiger charge is -2.37. The second kappa shape index (κ2) is 9.92. The van der Waals surface area contributed by atoms with E-state index in [0.717, 1.165) is 49.0 Å². The third-order valence-electron chi connectivity index (χ3n) is 7.88. The van der Waals surface area contributed by atoms with Crippen LogP contribution in [-0.4, -0.2) is 65.0 Å². The Morgan fingerprint density at radius 2 is 2.00 bits per heavy atom. The van der Waals surface area contributed by atoms with Crippen LogP contribution in [0.2, 0.25) is 0 Å². The number of carbonyl (C=O) groups is 2. The maximum atomic E-state index is 13.0. The number of hydrogen-bond acceptors (Lipinski definition) is 7. The molecule has 1 aromatic carbocycles. The lowest BCUT2D eigenvalue weighted by Crippen LogP contribution is -2.48. The van der Waals surface area contributed by atoms with Crippen LogP contribution < -0.4 is 16.0 Å². The number of nitrogens with zero attached hydrogens (tertiary/aromatic N) is 3. The number of thiophene rings is 1. The summed E-state index contributed by atoms with van der Waals surface area (Å²) in [7, 11) is 0. The first-order chi connectivity index (χ1) is 18.6. The van der Waals surface area contributed by atoms with Crippen molar-refractivity contribution >= 4 is 50.4 Å². The number of likely N-dealkylation sites (tertiary alicyclic amines) is 1. The molecule has 0 spiro atoms. The van der Waals surface area contributed by atoms with Crippen LogP contribution in [0.25, 0.3) is 21.3 Å². The Morgan fingerprint density at radius 3 is 2.79 bits per heavy atom. The van der Waals surface area contributed by atoms with E-state index < -0.39 is 0 Å². The van der Waals surface area contributed by atoms with Gasteiger partial charge >= 0.3 is 0 Å². The van der Waals surface area contributed by atoms with Gasteiger partial charge in [0.1, 0.15) is 0 Å². The number of rotatable bonds is 7. The van der Waals surface area contributed by atoms with Gasteiger partial charge in [0.05, 0.1) is 25.8 Å². The molecule has 3 N–H and O–H groups in total. The molecule has 1 atom stereocenters. The molecule has 3 fully saturated rings. The topological polar surface area (TPSA) is 91.3 Å². The number of fused-ring (bicyclic) bond motifs is 1. The Morgan fingerprint density at radius 1 is 1.11 bits per heavy atom. The molecule has 38 heavy (non-hydrogen) atoms. The lowest BCUT2D eigenvalue weighted by atomic mass is 10.0. The van der Waals surface area contributed by atoms with Gasteiger partial charge < -0.3 is 25.4 Å². The molecule has 3 aliphatic rings. The van der Waals surface area contributed by atoms with E-state index in [0.29, 0.717) is 23.9 Å². The van der Waals surface area contributed by atoms with Crippen molar-refractivity contribution in [3.63, 3.8) is 0 Å². The van der Waals surface area contributed by atoms with Crippen molar-refractivity contribution in [3.8, 4) is 10.4 Å². The molecule has 0 aliphatic carbocycles. The number of anilines is 1. The van der Waals surface area contributed by atoms with Gasteiger partial charge in [-0.1, -0.05) is 12.1 Å². The summed E-state index contributed by atoms with van der Waals surface area (Å²) in [6.07, 6.45) is 6.07. The maximum Gasteiger partial charge on any atom is 0.264 e. The Labute approximate surface area is 229 Å². The zero-order valence-electron chi connectivity index (χ0n) is 21.0. The monoisotopic (exact) mass is 546 g/mol. The third-order valence-corrected chi connectivity index (χ3v) is 10.1. The number of nitrogens with one attached hydrogen (secondary N) is 3. The quantitative estimate of drug-likeness (QED) is 0.326. The number of benzene rings is 1. The molecule has 3 aliphatic heterocycles. The highest BCUT2D eigenvalue weighted by molar-refractivity contribution is 7.18. The van der Waals surface area contributed by atoms with Gasteiger partial charge in [-0.15, -0.1) is 22.7 Å². The highest BCUT2D eigenvalue weighted by Crippen LogP contribution is 2.38. The number of carbonyl (C=O) groups excluding carboxylic acids is 2. The van der Waals surface area contributed by atoms with Crippen LogP contribution in [0.15, 0.2) is 48.8 Å². The Hall–Kier alpha value is -3.05. The summed E-state index contributed by atoms with van der Waals surface area (Å²) in [5, 5.41) is 12.6. The van der Waals surface area contributed by atoms with Crippen LogP contribution in [0.1, 0.15) is 33.4 Å². The van der Waals surface area contributed by atoms with Crippen LogP contribution in [-0.2, 0) is 11.3 Å². The molecule has 10 heteroatoms. The Balaban J connectivity index is 0.989. The van der Waals surface area contributed by atoms with Crippen LogP contribution >= 0.6 is 22.7 Å². The average molecular weight is 547 g/mol. The minimum absolute atomic E-state index is 0.0186. The summed E-state index contributed by atoms with van der Waals surface area (Å²) in [6.45, 7) is 5.47. The predicted octanol–water partition coefficient (Wildman–Crippen LogP) is 3.98. The van der Waals surface area contributed by atoms with E-state index in [9.17, 15) is 9.59 Å². The fourth-order valence-corrected chi connectivity index (χ4v) is 7.46. The molecule has 3 aromatic heterocycles. The van der Waals surface area contributed by atoms with E-state index in [-0.39, 0.29) is 23.8 Å². The van der Waals surface area contributed by atoms with Crippen molar-refractivity contribution in [1.82, 2.24) is 25.1 Å². The summed E-state index contributed by atoms with van der Waals surface area (Å²) in [4.78, 5) is 33.8. The fraction of sp³-hybridized carbons (Fsp3) is 0.393. The normalized spacial score (nSPS) is 20.0. The maximum absolute atomic E-state index is 13.0. The van der Waals surface area contributed by atoms with Crippen molar-refractivity contribution in [2.45, 2.75) is 31.3 Å². The summed E-state index contributed by atoms with van der Waals surface area (Å²) < 4.78 is 2.37. The van der Waals surface area contributed by atoms with Crippen LogP contribution in [0, 0.1) is 5.92 Å². The van der Waals surface area contributed by atoms with Crippen molar-refractivity contribution in [1.29, 1.82) is 0 Å². The molecule has 8 nitrogen and oxygen atoms in total. The average Bonchev–Trinajstić information content (AvgIpc) is 3.67. The summed E-state index contributed by atoms with van der Waals surface area (Å²) in [6, 6.07) is 12.3. The molecular weight excluding hydrogens is 516 g/mol. The van der Waals surface area contributed by atoms with Gasteiger partial charge in [-0.2, -0.15) is 0 Å². The molecule has 7 rings (SSSR count). The molecule has 0 radical (unpaired) electrons. The zero-order chi connectivity index (χ0) is 25.6. The standard InChI is InChI=1S/C28H30N6O2S2/c35-26(21-4-2-9-30-21)32-25-7-6-23(37-25)28(36)34-15-18(16-34)27-31-13-24(38-27)20-3-1-5-22-19(20)8-10-33(22)14-17-11-29-12-17/h1,3,5-8,10,13,17-18,21,29-30H,2,4,9,11-12,14-16H2,(H,32,35)/t21-/m0/s1. The van der Waals surface area contributed by atoms with E-state index >= 15 is 0 Å². The number of aromatic nitrogens is 2. The zero-order valence-corrected chi connectivity index (χ0v) is 22.6. The van der Waals surface area contributed by atoms with Gasteiger partial charge in [-0.05, 0) is 43.7 Å². The SMILES string of the molecule is O=C(Nc1ccc(C(=O)N2CC(c3ncc(-c4cccc5c4ccn5CC4CNC4)s3)C2)s1)[C@@H]1CCCN1. The second-order valence-corrected chi connectivity index (χ2v) is 12.6. The molecule has 4 aromatic rings. The summed E-state index contributed by atoms with van der Waals surface area (Å²) in [5.41, 5.74) is 2.50. The lowest BCUT2D eigenvalue weighted by molar-refractivity contribution is -0.117. The highest BCUT2D eigenvalue weighted by atomic mass is 32.1. The second-order valence-electron chi connectivity index (χ2n) is 10.5. The molecule has 196 valence electrons. The number of hydrogen-bond donors (Lipinski definition) is 3. The molecule has 0 saturated carbocycles. The molecule has 3 saturated heterocycles. The van der Waals surface area contributed by atoms with E-state index in [4.69, 9.17) is 4.98 Å². The number of thiazole rings is 1. The largest absolute Gasteiger partial charge is 0.347 e. The fourth-order valence-electron chi connectivity index (χ4n) is 5.55. The first-order valence-corrected chi connectivity index (χ1v) is 14.9. The molecule has 0 bridgehead atoms. The minimum Gasteiger partial charge on any atom is -0.347 e. The molecule has 6 heterocycles. The third kappa shape index (κ3) is 4.45. The van der Waals surface area contributed by atoms with Crippen LogP contribution in [0.3, 0.4) is 0 Å². The first kappa shape index (κ1) is 24.0. The van der Waals surface area contributed by atoms with Gasteiger partial charge in [0, 0.05) is 73.4 Å². The van der Waals surface area contributed by atoms with Gasteiger partial charge in [-0.3, -0.25) is 9.59 Å². The van der Waals surface area contributed by atoms with Crippen LogP contribution in [0.5, 0.6) is 0 Å². The number of amides is 2. The van der Waals surface area contributed by atoms with Gasteiger partial charge in [0.15, 0.2) is 0 Å². The van der Waals surface area contributed by atoms with Crippen molar-refractivity contribution in [3.05, 3.63) is 58.7 Å². The Bertz CT molecular complexity index is 1490. The van der Waals surface area contributed by atoms with E-state index in [1.165, 1.54) is 32.7 Å². The van der Waals surface area contributed by atoms with Crippen LogP contribution in [0.4, 0.5) is 5.00 Å². The van der Waals surface area contributed by atoms with Crippen molar-refractivity contribution in [2.75, 3.05) is 38.0 Å². The predicted molar refractivity (Wildman–Crippen MR) is 152 cm³/mol. The minimum atomic E-state index is -0.132. The van der Waals surface area contributed by atoms with E-state index in [2.05, 4.69) is 51.0 Å². The van der Waals surface area contributed by atoms with Crippen molar-refractivity contribution in [2.24, 2.45) is 5.92 Å². The van der Waals surface area contributed by atoms with E-state index in [1.54, 1.807) is 11.3 Å². The summed E-state index contributed by atoms with van der Waals surface area (Å²) in [5.74, 6) is 0.979. The molecule has 2 amide bonds. The smallest absolute Gasteiger partial charge is 0.264 e.